The monoisotopic (exact) mass is 251 g/mol. The van der Waals surface area contributed by atoms with Crippen LogP contribution in [0.1, 0.15) is 40.0 Å². The summed E-state index contributed by atoms with van der Waals surface area (Å²) in [6, 6.07) is 8.60. The Kier molecular flexibility index (Phi) is 3.67. The van der Waals surface area contributed by atoms with Crippen LogP contribution >= 0.6 is 11.6 Å². The van der Waals surface area contributed by atoms with Crippen LogP contribution in [0.2, 0.25) is 5.02 Å². The average Bonchev–Trinajstić information content (AvgIpc) is 2.13. The van der Waals surface area contributed by atoms with Crippen LogP contribution in [0.4, 0.5) is 5.69 Å². The molecule has 17 heavy (non-hydrogen) atoms. The summed E-state index contributed by atoms with van der Waals surface area (Å²) in [4.78, 5) is 0. The van der Waals surface area contributed by atoms with Gasteiger partial charge in [-0.1, -0.05) is 38.4 Å². The number of halogens is 1. The SMILES string of the molecule is CC1CC(Nc2cccc(Cl)c2)CC(C)(C)C1. The molecule has 0 radical (unpaired) electrons. The number of hydrogen-bond donors (Lipinski definition) is 1. The lowest BCUT2D eigenvalue weighted by molar-refractivity contribution is 0.178. The molecule has 1 fully saturated rings. The number of benzene rings is 1. The van der Waals surface area contributed by atoms with E-state index >= 15 is 0 Å². The van der Waals surface area contributed by atoms with Gasteiger partial charge >= 0.3 is 0 Å². The van der Waals surface area contributed by atoms with Gasteiger partial charge in [-0.05, 0) is 48.8 Å². The highest BCUT2D eigenvalue weighted by atomic mass is 35.5. The molecule has 0 saturated heterocycles. The molecule has 1 nitrogen and oxygen atoms in total. The third kappa shape index (κ3) is 3.64. The van der Waals surface area contributed by atoms with Crippen LogP contribution in [0, 0.1) is 11.3 Å². The highest BCUT2D eigenvalue weighted by Gasteiger charge is 2.31. The number of anilines is 1. The molecule has 0 spiro atoms. The van der Waals surface area contributed by atoms with Crippen LogP contribution in [0.5, 0.6) is 0 Å². The summed E-state index contributed by atoms with van der Waals surface area (Å²) in [6.45, 7) is 7.10. The lowest BCUT2D eigenvalue weighted by Crippen LogP contribution is -2.35. The summed E-state index contributed by atoms with van der Waals surface area (Å²) in [5, 5.41) is 4.43. The molecule has 2 heteroatoms. The van der Waals surface area contributed by atoms with E-state index in [1.165, 1.54) is 19.3 Å². The van der Waals surface area contributed by atoms with Crippen molar-refractivity contribution in [3.8, 4) is 0 Å². The fourth-order valence-corrected chi connectivity index (χ4v) is 3.46. The Morgan fingerprint density at radius 3 is 2.71 bits per heavy atom. The Bertz CT molecular complexity index is 386. The molecule has 1 aliphatic rings. The van der Waals surface area contributed by atoms with Crippen molar-refractivity contribution < 1.29 is 0 Å². The molecular formula is C15H22ClN. The van der Waals surface area contributed by atoms with Crippen LogP contribution in [0.25, 0.3) is 0 Å². The van der Waals surface area contributed by atoms with Crippen molar-refractivity contribution in [1.29, 1.82) is 0 Å². The van der Waals surface area contributed by atoms with Gasteiger partial charge in [0, 0.05) is 16.8 Å². The van der Waals surface area contributed by atoms with Gasteiger partial charge in [0.15, 0.2) is 0 Å². The second-order valence-corrected chi connectivity index (χ2v) is 6.70. The van der Waals surface area contributed by atoms with E-state index in [0.717, 1.165) is 16.6 Å². The third-order valence-corrected chi connectivity index (χ3v) is 3.82. The van der Waals surface area contributed by atoms with Crippen molar-refractivity contribution >= 4 is 17.3 Å². The highest BCUT2D eigenvalue weighted by Crippen LogP contribution is 2.39. The van der Waals surface area contributed by atoms with E-state index in [9.17, 15) is 0 Å². The Labute approximate surface area is 110 Å². The molecule has 1 N–H and O–H groups in total. The van der Waals surface area contributed by atoms with Gasteiger partial charge in [-0.3, -0.25) is 0 Å². The zero-order valence-corrected chi connectivity index (χ0v) is 11.7. The Balaban J connectivity index is 2.03. The number of hydrogen-bond acceptors (Lipinski definition) is 1. The van der Waals surface area contributed by atoms with Gasteiger partial charge in [0.25, 0.3) is 0 Å². The minimum atomic E-state index is 0.452. The van der Waals surface area contributed by atoms with Crippen LogP contribution in [0.3, 0.4) is 0 Å². The molecule has 0 aliphatic heterocycles. The minimum Gasteiger partial charge on any atom is -0.382 e. The van der Waals surface area contributed by atoms with Crippen LogP contribution in [-0.2, 0) is 0 Å². The van der Waals surface area contributed by atoms with Crippen molar-refractivity contribution in [2.24, 2.45) is 11.3 Å². The summed E-state index contributed by atoms with van der Waals surface area (Å²) >= 11 is 6.01. The van der Waals surface area contributed by atoms with Gasteiger partial charge in [-0.25, -0.2) is 0 Å². The van der Waals surface area contributed by atoms with E-state index < -0.39 is 0 Å². The average molecular weight is 252 g/mol. The van der Waals surface area contributed by atoms with Gasteiger partial charge in [-0.2, -0.15) is 0 Å². The second-order valence-electron chi connectivity index (χ2n) is 6.26. The fourth-order valence-electron chi connectivity index (χ4n) is 3.27. The Hall–Kier alpha value is -0.690. The second kappa shape index (κ2) is 4.89. The summed E-state index contributed by atoms with van der Waals surface area (Å²) in [5.41, 5.74) is 1.60. The maximum absolute atomic E-state index is 6.01. The molecule has 0 aromatic heterocycles. The maximum Gasteiger partial charge on any atom is 0.0426 e. The first-order valence-electron chi connectivity index (χ1n) is 6.47. The molecule has 1 aromatic rings. The van der Waals surface area contributed by atoms with Crippen molar-refractivity contribution in [2.45, 2.75) is 46.1 Å². The van der Waals surface area contributed by atoms with Gasteiger partial charge in [0.1, 0.15) is 0 Å². The quantitative estimate of drug-likeness (QED) is 0.783. The van der Waals surface area contributed by atoms with Gasteiger partial charge in [0.05, 0.1) is 0 Å². The van der Waals surface area contributed by atoms with Crippen molar-refractivity contribution in [2.75, 3.05) is 5.32 Å². The summed E-state index contributed by atoms with van der Waals surface area (Å²) in [6.07, 6.45) is 3.83. The van der Waals surface area contributed by atoms with Crippen molar-refractivity contribution in [3.63, 3.8) is 0 Å². The standard InChI is InChI=1S/C15H22ClN/c1-11-7-14(10-15(2,3)9-11)17-13-6-4-5-12(16)8-13/h4-6,8,11,14,17H,7,9-10H2,1-3H3. The first-order chi connectivity index (χ1) is 7.94. The predicted molar refractivity (Wildman–Crippen MR) is 75.7 cm³/mol. The van der Waals surface area contributed by atoms with Gasteiger partial charge < -0.3 is 5.32 Å². The minimum absolute atomic E-state index is 0.452. The number of nitrogens with one attached hydrogen (secondary N) is 1. The molecule has 1 saturated carbocycles. The van der Waals surface area contributed by atoms with E-state index in [1.54, 1.807) is 0 Å². The number of rotatable bonds is 2. The Morgan fingerprint density at radius 1 is 1.29 bits per heavy atom. The topological polar surface area (TPSA) is 12.0 Å². The molecular weight excluding hydrogens is 230 g/mol. The first-order valence-corrected chi connectivity index (χ1v) is 6.84. The third-order valence-electron chi connectivity index (χ3n) is 3.58. The molecule has 94 valence electrons. The zero-order valence-electron chi connectivity index (χ0n) is 11.0. The summed E-state index contributed by atoms with van der Waals surface area (Å²) in [7, 11) is 0. The summed E-state index contributed by atoms with van der Waals surface area (Å²) < 4.78 is 0. The summed E-state index contributed by atoms with van der Waals surface area (Å²) in [5.74, 6) is 0.801. The molecule has 0 bridgehead atoms. The van der Waals surface area contributed by atoms with Crippen LogP contribution < -0.4 is 5.32 Å². The van der Waals surface area contributed by atoms with E-state index in [4.69, 9.17) is 11.6 Å². The normalized spacial score (nSPS) is 27.8. The van der Waals surface area contributed by atoms with Crippen LogP contribution in [-0.4, -0.2) is 6.04 Å². The van der Waals surface area contributed by atoms with Crippen molar-refractivity contribution in [3.05, 3.63) is 29.3 Å². The van der Waals surface area contributed by atoms with E-state index in [2.05, 4.69) is 32.2 Å². The van der Waals surface area contributed by atoms with Crippen molar-refractivity contribution in [1.82, 2.24) is 0 Å². The lowest BCUT2D eigenvalue weighted by atomic mass is 9.70. The van der Waals surface area contributed by atoms with Gasteiger partial charge in [0.2, 0.25) is 0 Å². The lowest BCUT2D eigenvalue weighted by Gasteiger charge is -2.39. The zero-order chi connectivity index (χ0) is 12.5. The fraction of sp³-hybridized carbons (Fsp3) is 0.600. The molecule has 1 aromatic carbocycles. The molecule has 0 amide bonds. The van der Waals surface area contributed by atoms with Crippen LogP contribution in [0.15, 0.2) is 24.3 Å². The predicted octanol–water partition coefficient (Wildman–Crippen LogP) is 4.97. The molecule has 2 atom stereocenters. The molecule has 1 aliphatic carbocycles. The van der Waals surface area contributed by atoms with E-state index in [-0.39, 0.29) is 0 Å². The van der Waals surface area contributed by atoms with E-state index in [1.807, 2.05) is 18.2 Å². The molecule has 2 unspecified atom stereocenters. The first kappa shape index (κ1) is 12.8. The smallest absolute Gasteiger partial charge is 0.0426 e. The van der Waals surface area contributed by atoms with E-state index in [0.29, 0.717) is 11.5 Å². The Morgan fingerprint density at radius 2 is 2.06 bits per heavy atom. The highest BCUT2D eigenvalue weighted by molar-refractivity contribution is 6.30. The largest absolute Gasteiger partial charge is 0.382 e. The van der Waals surface area contributed by atoms with Gasteiger partial charge in [-0.15, -0.1) is 0 Å². The molecule has 2 rings (SSSR count). The molecule has 0 heterocycles. The maximum atomic E-state index is 6.01.